The molecule has 2 amide bonds. The van der Waals surface area contributed by atoms with Gasteiger partial charge in [0.25, 0.3) is 5.91 Å². The monoisotopic (exact) mass is 423 g/mol. The third-order valence-corrected chi connectivity index (χ3v) is 5.56. The van der Waals surface area contributed by atoms with Crippen LogP contribution in [0.25, 0.3) is 0 Å². The fourth-order valence-corrected chi connectivity index (χ4v) is 3.98. The van der Waals surface area contributed by atoms with Crippen molar-refractivity contribution in [3.8, 4) is 0 Å². The largest absolute Gasteiger partial charge is 0.341 e. The first-order valence-corrected chi connectivity index (χ1v) is 9.11. The Morgan fingerprint density at radius 3 is 2.57 bits per heavy atom. The van der Waals surface area contributed by atoms with E-state index in [-0.39, 0.29) is 24.2 Å². The first-order chi connectivity index (χ1) is 10.5. The Bertz CT molecular complexity index is 533. The Balaban J connectivity index is 0.00000264. The van der Waals surface area contributed by atoms with Gasteiger partial charge < -0.3 is 15.5 Å². The molecule has 1 fully saturated rings. The lowest BCUT2D eigenvalue weighted by atomic mass is 9.96. The number of nitrogens with one attached hydrogen (secondary N) is 2. The van der Waals surface area contributed by atoms with Gasteiger partial charge in [0.2, 0.25) is 5.91 Å². The Kier molecular flexibility index (Phi) is 8.53. The number of hydrogen-bond acceptors (Lipinski definition) is 4. The number of halogens is 2. The van der Waals surface area contributed by atoms with Gasteiger partial charge in [-0.2, -0.15) is 0 Å². The van der Waals surface area contributed by atoms with Crippen molar-refractivity contribution in [3.63, 3.8) is 0 Å². The molecule has 0 radical (unpaired) electrons. The zero-order valence-corrected chi connectivity index (χ0v) is 16.5. The smallest absolute Gasteiger partial charge is 0.262 e. The summed E-state index contributed by atoms with van der Waals surface area (Å²) in [5.74, 6) is 0.455. The molecule has 5 nitrogen and oxygen atoms in total. The third-order valence-electron chi connectivity index (χ3n) is 3.93. The maximum absolute atomic E-state index is 12.4. The standard InChI is InChI=1S/C15H22BrN3O2S.ClH/c1-10(18-14(20)12-3-4-13(16)22-12)15(21)19-7-5-11(6-8-19)9-17-2;/h3-4,10-11,17H,5-9H2,1-2H3,(H,18,20);1H. The number of carbonyl (C=O) groups excluding carboxylic acids is 2. The molecule has 0 saturated carbocycles. The summed E-state index contributed by atoms with van der Waals surface area (Å²) in [5, 5.41) is 5.98. The molecule has 1 aliphatic heterocycles. The van der Waals surface area contributed by atoms with E-state index in [2.05, 4.69) is 26.6 Å². The number of hydrogen-bond donors (Lipinski definition) is 2. The molecular weight excluding hydrogens is 402 g/mol. The van der Waals surface area contributed by atoms with Gasteiger partial charge in [-0.05, 0) is 67.3 Å². The molecule has 1 aromatic rings. The van der Waals surface area contributed by atoms with Gasteiger partial charge in [0.15, 0.2) is 0 Å². The summed E-state index contributed by atoms with van der Waals surface area (Å²) in [6, 6.07) is 3.09. The van der Waals surface area contributed by atoms with E-state index in [9.17, 15) is 9.59 Å². The van der Waals surface area contributed by atoms with Crippen LogP contribution >= 0.6 is 39.7 Å². The molecule has 1 unspecified atom stereocenters. The quantitative estimate of drug-likeness (QED) is 0.763. The van der Waals surface area contributed by atoms with Crippen molar-refractivity contribution in [1.29, 1.82) is 0 Å². The highest BCUT2D eigenvalue weighted by atomic mass is 79.9. The fraction of sp³-hybridized carbons (Fsp3) is 0.600. The lowest BCUT2D eigenvalue weighted by molar-refractivity contribution is -0.134. The van der Waals surface area contributed by atoms with Crippen molar-refractivity contribution < 1.29 is 9.59 Å². The van der Waals surface area contributed by atoms with Gasteiger partial charge in [0, 0.05) is 13.1 Å². The molecule has 0 aliphatic carbocycles. The summed E-state index contributed by atoms with van der Waals surface area (Å²) in [4.78, 5) is 27.0. The summed E-state index contributed by atoms with van der Waals surface area (Å²) in [5.41, 5.74) is 0. The molecule has 23 heavy (non-hydrogen) atoms. The van der Waals surface area contributed by atoms with E-state index in [1.54, 1.807) is 13.0 Å². The molecule has 1 atom stereocenters. The van der Waals surface area contributed by atoms with Crippen LogP contribution in [0.15, 0.2) is 15.9 Å². The maximum atomic E-state index is 12.4. The van der Waals surface area contributed by atoms with Crippen LogP contribution in [0.4, 0.5) is 0 Å². The normalized spacial score (nSPS) is 16.6. The molecule has 130 valence electrons. The molecule has 2 N–H and O–H groups in total. The van der Waals surface area contributed by atoms with E-state index in [1.807, 2.05) is 18.0 Å². The van der Waals surface area contributed by atoms with Crippen LogP contribution in [0.3, 0.4) is 0 Å². The predicted octanol–water partition coefficient (Wildman–Crippen LogP) is 2.51. The highest BCUT2D eigenvalue weighted by molar-refractivity contribution is 9.11. The van der Waals surface area contributed by atoms with Crippen molar-refractivity contribution in [2.45, 2.75) is 25.8 Å². The first-order valence-electron chi connectivity index (χ1n) is 7.51. The second-order valence-electron chi connectivity index (χ2n) is 5.63. The molecular formula is C15H23BrClN3O2S. The van der Waals surface area contributed by atoms with E-state index < -0.39 is 6.04 Å². The number of likely N-dealkylation sites (tertiary alicyclic amines) is 1. The first kappa shape index (κ1) is 20.4. The minimum absolute atomic E-state index is 0. The van der Waals surface area contributed by atoms with Crippen LogP contribution in [0.5, 0.6) is 0 Å². The summed E-state index contributed by atoms with van der Waals surface area (Å²) in [6.45, 7) is 4.30. The highest BCUT2D eigenvalue weighted by Gasteiger charge is 2.26. The van der Waals surface area contributed by atoms with Gasteiger partial charge in [0.1, 0.15) is 6.04 Å². The van der Waals surface area contributed by atoms with Crippen molar-refractivity contribution in [2.24, 2.45) is 5.92 Å². The Labute approximate surface area is 155 Å². The van der Waals surface area contributed by atoms with Crippen LogP contribution in [-0.4, -0.2) is 49.4 Å². The number of rotatable bonds is 5. The topological polar surface area (TPSA) is 61.4 Å². The van der Waals surface area contributed by atoms with Gasteiger partial charge in [-0.3, -0.25) is 9.59 Å². The average molecular weight is 425 g/mol. The summed E-state index contributed by atoms with van der Waals surface area (Å²) in [7, 11) is 1.96. The molecule has 2 heterocycles. The van der Waals surface area contributed by atoms with Crippen LogP contribution in [-0.2, 0) is 4.79 Å². The third kappa shape index (κ3) is 5.74. The summed E-state index contributed by atoms with van der Waals surface area (Å²) in [6.07, 6.45) is 2.04. The Morgan fingerprint density at radius 1 is 1.39 bits per heavy atom. The highest BCUT2D eigenvalue weighted by Crippen LogP contribution is 2.22. The molecule has 0 spiro atoms. The molecule has 0 bridgehead atoms. The van der Waals surface area contributed by atoms with Gasteiger partial charge in [-0.1, -0.05) is 0 Å². The zero-order chi connectivity index (χ0) is 16.1. The van der Waals surface area contributed by atoms with Crippen molar-refractivity contribution in [2.75, 3.05) is 26.7 Å². The SMILES string of the molecule is CNCC1CCN(C(=O)C(C)NC(=O)c2ccc(Br)s2)CC1.Cl. The lowest BCUT2D eigenvalue weighted by Crippen LogP contribution is -2.49. The van der Waals surface area contributed by atoms with Crippen molar-refractivity contribution in [3.05, 3.63) is 20.8 Å². The van der Waals surface area contributed by atoms with Crippen LogP contribution < -0.4 is 10.6 Å². The predicted molar refractivity (Wildman–Crippen MR) is 99.4 cm³/mol. The number of piperidine rings is 1. The Hall–Kier alpha value is -0.630. The Morgan fingerprint density at radius 2 is 2.04 bits per heavy atom. The fourth-order valence-electron chi connectivity index (χ4n) is 2.69. The number of thiophene rings is 1. The molecule has 1 aromatic heterocycles. The zero-order valence-electron chi connectivity index (χ0n) is 13.3. The van der Waals surface area contributed by atoms with Gasteiger partial charge in [-0.15, -0.1) is 23.7 Å². The van der Waals surface area contributed by atoms with Crippen LogP contribution in [0, 0.1) is 5.92 Å². The van der Waals surface area contributed by atoms with Gasteiger partial charge in [-0.25, -0.2) is 0 Å². The van der Waals surface area contributed by atoms with Gasteiger partial charge in [0.05, 0.1) is 8.66 Å². The van der Waals surface area contributed by atoms with E-state index in [0.29, 0.717) is 10.8 Å². The second kappa shape index (κ2) is 9.61. The molecule has 1 saturated heterocycles. The number of nitrogens with zero attached hydrogens (tertiary/aromatic N) is 1. The number of amides is 2. The van der Waals surface area contributed by atoms with Crippen LogP contribution in [0.1, 0.15) is 29.4 Å². The van der Waals surface area contributed by atoms with E-state index in [1.165, 1.54) is 11.3 Å². The van der Waals surface area contributed by atoms with E-state index in [0.717, 1.165) is 36.3 Å². The van der Waals surface area contributed by atoms with E-state index in [4.69, 9.17) is 0 Å². The summed E-state index contributed by atoms with van der Waals surface area (Å²) < 4.78 is 0.906. The van der Waals surface area contributed by atoms with Crippen molar-refractivity contribution >= 4 is 51.5 Å². The van der Waals surface area contributed by atoms with Crippen LogP contribution in [0.2, 0.25) is 0 Å². The molecule has 2 rings (SSSR count). The molecule has 0 aromatic carbocycles. The molecule has 1 aliphatic rings. The lowest BCUT2D eigenvalue weighted by Gasteiger charge is -2.33. The van der Waals surface area contributed by atoms with Gasteiger partial charge >= 0.3 is 0 Å². The number of carbonyl (C=O) groups is 2. The van der Waals surface area contributed by atoms with E-state index >= 15 is 0 Å². The maximum Gasteiger partial charge on any atom is 0.262 e. The van der Waals surface area contributed by atoms with Crippen molar-refractivity contribution in [1.82, 2.24) is 15.5 Å². The minimum atomic E-state index is -0.491. The summed E-state index contributed by atoms with van der Waals surface area (Å²) >= 11 is 4.70. The molecule has 8 heteroatoms. The minimum Gasteiger partial charge on any atom is -0.341 e. The second-order valence-corrected chi connectivity index (χ2v) is 8.09. The average Bonchev–Trinajstić information content (AvgIpc) is 2.94.